The standard InChI is InChI=1S/C13H12ClN5O3S2/c1-24(21,22)19-13-18-10(6-23-13)12(20)15-5-11-16-8-3-2-7(14)4-9(8)17-11/h2-4,6H,5H2,1H3,(H,15,20)(H,16,17)(H,18,19). The van der Waals surface area contributed by atoms with E-state index in [0.717, 1.165) is 28.6 Å². The Morgan fingerprint density at radius 3 is 2.92 bits per heavy atom. The lowest BCUT2D eigenvalue weighted by Crippen LogP contribution is -2.23. The van der Waals surface area contributed by atoms with E-state index in [1.165, 1.54) is 5.38 Å². The van der Waals surface area contributed by atoms with Gasteiger partial charge in [-0.15, -0.1) is 11.3 Å². The van der Waals surface area contributed by atoms with Crippen molar-refractivity contribution < 1.29 is 13.2 Å². The summed E-state index contributed by atoms with van der Waals surface area (Å²) in [6, 6.07) is 5.26. The average Bonchev–Trinajstić information content (AvgIpc) is 3.09. The second-order valence-corrected chi connectivity index (χ2v) is 7.98. The molecule has 24 heavy (non-hydrogen) atoms. The summed E-state index contributed by atoms with van der Waals surface area (Å²) in [5.41, 5.74) is 1.65. The lowest BCUT2D eigenvalue weighted by atomic mass is 10.3. The van der Waals surface area contributed by atoms with Crippen molar-refractivity contribution in [3.05, 3.63) is 40.1 Å². The number of hydrogen-bond acceptors (Lipinski definition) is 6. The number of sulfonamides is 1. The van der Waals surface area contributed by atoms with Gasteiger partial charge in [-0.2, -0.15) is 0 Å². The first-order valence-electron chi connectivity index (χ1n) is 6.66. The Balaban J connectivity index is 1.66. The first-order valence-corrected chi connectivity index (χ1v) is 9.81. The lowest BCUT2D eigenvalue weighted by Gasteiger charge is -2.00. The zero-order chi connectivity index (χ0) is 17.3. The summed E-state index contributed by atoms with van der Waals surface area (Å²) in [6.07, 6.45) is 1.02. The quantitative estimate of drug-likeness (QED) is 0.620. The number of thiazole rings is 1. The van der Waals surface area contributed by atoms with Crippen molar-refractivity contribution in [1.82, 2.24) is 20.3 Å². The molecule has 0 atom stereocenters. The van der Waals surface area contributed by atoms with Crippen LogP contribution in [0, 0.1) is 0 Å². The Bertz CT molecular complexity index is 1010. The highest BCUT2D eigenvalue weighted by molar-refractivity contribution is 7.92. The van der Waals surface area contributed by atoms with Crippen LogP contribution in [-0.4, -0.2) is 35.5 Å². The van der Waals surface area contributed by atoms with Crippen molar-refractivity contribution in [2.24, 2.45) is 0 Å². The fourth-order valence-electron chi connectivity index (χ4n) is 1.96. The molecule has 1 amide bonds. The van der Waals surface area contributed by atoms with Crippen LogP contribution in [0.4, 0.5) is 5.13 Å². The molecule has 0 spiro atoms. The molecule has 0 aliphatic carbocycles. The molecule has 0 unspecified atom stereocenters. The fraction of sp³-hybridized carbons (Fsp3) is 0.154. The molecular weight excluding hydrogens is 374 g/mol. The molecule has 2 aromatic heterocycles. The summed E-state index contributed by atoms with van der Waals surface area (Å²) in [4.78, 5) is 23.4. The zero-order valence-electron chi connectivity index (χ0n) is 12.3. The number of aromatic nitrogens is 3. The molecule has 0 radical (unpaired) electrons. The van der Waals surface area contributed by atoms with Crippen LogP contribution in [0.1, 0.15) is 16.3 Å². The number of imidazole rings is 1. The van der Waals surface area contributed by atoms with Crippen molar-refractivity contribution in [2.75, 3.05) is 11.0 Å². The summed E-state index contributed by atoms with van der Waals surface area (Å²) in [5, 5.41) is 4.87. The van der Waals surface area contributed by atoms with Gasteiger partial charge in [-0.25, -0.2) is 18.4 Å². The highest BCUT2D eigenvalue weighted by atomic mass is 35.5. The molecule has 0 aliphatic rings. The number of nitrogens with one attached hydrogen (secondary N) is 3. The average molecular weight is 386 g/mol. The second kappa shape index (κ2) is 6.38. The van der Waals surface area contributed by atoms with Gasteiger partial charge in [0.25, 0.3) is 5.91 Å². The zero-order valence-corrected chi connectivity index (χ0v) is 14.7. The minimum atomic E-state index is -3.42. The van der Waals surface area contributed by atoms with Crippen LogP contribution in [0.5, 0.6) is 0 Å². The smallest absolute Gasteiger partial charge is 0.271 e. The van der Waals surface area contributed by atoms with E-state index in [-0.39, 0.29) is 17.4 Å². The van der Waals surface area contributed by atoms with E-state index >= 15 is 0 Å². The molecule has 1 aromatic carbocycles. The van der Waals surface area contributed by atoms with Crippen LogP contribution in [0.3, 0.4) is 0 Å². The number of anilines is 1. The SMILES string of the molecule is CS(=O)(=O)Nc1nc(C(=O)NCc2nc3ccc(Cl)cc3[nH]2)cs1. The Kier molecular flexibility index (Phi) is 4.43. The molecule has 3 rings (SSSR count). The Hall–Kier alpha value is -2.17. The van der Waals surface area contributed by atoms with Gasteiger partial charge in [-0.3, -0.25) is 9.52 Å². The number of rotatable bonds is 5. The van der Waals surface area contributed by atoms with E-state index in [1.54, 1.807) is 18.2 Å². The van der Waals surface area contributed by atoms with Gasteiger partial charge in [0.1, 0.15) is 11.5 Å². The minimum absolute atomic E-state index is 0.130. The van der Waals surface area contributed by atoms with Crippen molar-refractivity contribution in [3.63, 3.8) is 0 Å². The third-order valence-electron chi connectivity index (χ3n) is 2.92. The van der Waals surface area contributed by atoms with Gasteiger partial charge in [-0.05, 0) is 18.2 Å². The molecule has 0 bridgehead atoms. The van der Waals surface area contributed by atoms with E-state index in [4.69, 9.17) is 11.6 Å². The number of nitrogens with zero attached hydrogens (tertiary/aromatic N) is 2. The second-order valence-electron chi connectivity index (χ2n) is 4.94. The predicted molar refractivity (Wildman–Crippen MR) is 92.9 cm³/mol. The molecule has 0 saturated carbocycles. The molecular formula is C13H12ClN5O3S2. The van der Waals surface area contributed by atoms with Gasteiger partial charge in [0.2, 0.25) is 10.0 Å². The molecule has 8 nitrogen and oxygen atoms in total. The summed E-state index contributed by atoms with van der Waals surface area (Å²) in [7, 11) is -3.42. The van der Waals surface area contributed by atoms with Crippen LogP contribution in [0.15, 0.2) is 23.6 Å². The number of halogens is 1. The summed E-state index contributed by atoms with van der Waals surface area (Å²) in [5.74, 6) is 0.150. The van der Waals surface area contributed by atoms with Crippen molar-refractivity contribution >= 4 is 55.0 Å². The third-order valence-corrected chi connectivity index (χ3v) is 4.61. The molecule has 3 N–H and O–H groups in total. The molecule has 2 heterocycles. The molecule has 0 saturated heterocycles. The number of benzene rings is 1. The molecule has 126 valence electrons. The summed E-state index contributed by atoms with van der Waals surface area (Å²) < 4.78 is 24.5. The van der Waals surface area contributed by atoms with Gasteiger partial charge >= 0.3 is 0 Å². The number of amides is 1. The van der Waals surface area contributed by atoms with E-state index < -0.39 is 15.9 Å². The first kappa shape index (κ1) is 16.7. The number of carbonyl (C=O) groups is 1. The third kappa shape index (κ3) is 4.02. The maximum atomic E-state index is 12.1. The van der Waals surface area contributed by atoms with E-state index in [0.29, 0.717) is 10.8 Å². The molecule has 0 fully saturated rings. The van der Waals surface area contributed by atoms with Crippen LogP contribution in [0.2, 0.25) is 5.02 Å². The predicted octanol–water partition coefficient (Wildman–Crippen LogP) is 1.97. The number of aromatic amines is 1. The monoisotopic (exact) mass is 385 g/mol. The number of hydrogen-bond donors (Lipinski definition) is 3. The van der Waals surface area contributed by atoms with Crippen LogP contribution in [-0.2, 0) is 16.6 Å². The van der Waals surface area contributed by atoms with Gasteiger partial charge in [0, 0.05) is 10.4 Å². The van der Waals surface area contributed by atoms with Gasteiger partial charge in [0.15, 0.2) is 5.13 Å². The maximum Gasteiger partial charge on any atom is 0.271 e. The van der Waals surface area contributed by atoms with Crippen molar-refractivity contribution in [3.8, 4) is 0 Å². The fourth-order valence-corrected chi connectivity index (χ4v) is 3.67. The normalized spacial score (nSPS) is 11.6. The molecule has 11 heteroatoms. The Morgan fingerprint density at radius 1 is 1.38 bits per heavy atom. The van der Waals surface area contributed by atoms with Crippen LogP contribution in [0.25, 0.3) is 11.0 Å². The highest BCUT2D eigenvalue weighted by Crippen LogP contribution is 2.18. The van der Waals surface area contributed by atoms with Gasteiger partial charge in [0.05, 0.1) is 23.8 Å². The number of carbonyl (C=O) groups excluding carboxylic acids is 1. The largest absolute Gasteiger partial charge is 0.343 e. The summed E-state index contributed by atoms with van der Waals surface area (Å²) in [6.45, 7) is 0.178. The molecule has 3 aromatic rings. The van der Waals surface area contributed by atoms with Gasteiger partial charge < -0.3 is 10.3 Å². The van der Waals surface area contributed by atoms with Crippen LogP contribution >= 0.6 is 22.9 Å². The summed E-state index contributed by atoms with van der Waals surface area (Å²) >= 11 is 6.94. The Morgan fingerprint density at radius 2 is 2.17 bits per heavy atom. The number of fused-ring (bicyclic) bond motifs is 1. The Labute approximate surface area is 146 Å². The van der Waals surface area contributed by atoms with Crippen molar-refractivity contribution in [2.45, 2.75) is 6.54 Å². The lowest BCUT2D eigenvalue weighted by molar-refractivity contribution is 0.0945. The minimum Gasteiger partial charge on any atom is -0.343 e. The van der Waals surface area contributed by atoms with E-state index in [2.05, 4.69) is 25.0 Å². The van der Waals surface area contributed by atoms with E-state index in [9.17, 15) is 13.2 Å². The highest BCUT2D eigenvalue weighted by Gasteiger charge is 2.13. The van der Waals surface area contributed by atoms with Crippen LogP contribution < -0.4 is 10.0 Å². The first-order chi connectivity index (χ1) is 11.3. The van der Waals surface area contributed by atoms with Gasteiger partial charge in [-0.1, -0.05) is 11.6 Å². The topological polar surface area (TPSA) is 117 Å². The maximum absolute atomic E-state index is 12.1. The van der Waals surface area contributed by atoms with Crippen molar-refractivity contribution in [1.29, 1.82) is 0 Å². The molecule has 0 aliphatic heterocycles. The number of H-pyrrole nitrogens is 1. The van der Waals surface area contributed by atoms with E-state index in [1.807, 2.05) is 0 Å².